The molecule has 2 rings (SSSR count). The van der Waals surface area contributed by atoms with Crippen LogP contribution in [0.2, 0.25) is 0 Å². The van der Waals surface area contributed by atoms with Crippen LogP contribution in [0.3, 0.4) is 0 Å². The van der Waals surface area contributed by atoms with E-state index in [4.69, 9.17) is 4.74 Å². The molecule has 49 heavy (non-hydrogen) atoms. The van der Waals surface area contributed by atoms with Gasteiger partial charge in [-0.05, 0) is 93.2 Å². The number of ether oxygens (including phenoxy) is 1. The van der Waals surface area contributed by atoms with Crippen molar-refractivity contribution >= 4 is 5.57 Å². The molecule has 2 aromatic rings. The van der Waals surface area contributed by atoms with Crippen LogP contribution in [0.4, 0.5) is 0 Å². The highest BCUT2D eigenvalue weighted by molar-refractivity contribution is 5.64. The molecular weight excluding hydrogens is 597 g/mol. The second kappa shape index (κ2) is 29.0. The summed E-state index contributed by atoms with van der Waals surface area (Å²) < 4.78 is 5.80. The molecule has 0 fully saturated rings. The first-order chi connectivity index (χ1) is 23.7. The smallest absolute Gasteiger partial charge is 0.120 e. The number of allylic oxidation sites excluding steroid dienone is 6. The van der Waals surface area contributed by atoms with Crippen LogP contribution in [0.1, 0.15) is 112 Å². The van der Waals surface area contributed by atoms with Crippen LogP contribution in [-0.2, 0) is 6.61 Å². The lowest BCUT2D eigenvalue weighted by atomic mass is 10.0. The molecule has 1 atom stereocenters. The third kappa shape index (κ3) is 20.9. The lowest BCUT2D eigenvalue weighted by molar-refractivity contribution is 0.306. The van der Waals surface area contributed by atoms with Crippen molar-refractivity contribution in [3.63, 3.8) is 0 Å². The molecule has 3 nitrogen and oxygen atoms in total. The molecular formula is C46H70N2O. The van der Waals surface area contributed by atoms with E-state index < -0.39 is 0 Å². The summed E-state index contributed by atoms with van der Waals surface area (Å²) in [5, 5.41) is 3.39. The van der Waals surface area contributed by atoms with Crippen LogP contribution in [0.5, 0.6) is 5.75 Å². The van der Waals surface area contributed by atoms with Gasteiger partial charge in [0.05, 0.1) is 0 Å². The van der Waals surface area contributed by atoms with E-state index in [1.54, 1.807) is 5.57 Å². The van der Waals surface area contributed by atoms with Gasteiger partial charge in [0.15, 0.2) is 0 Å². The molecule has 0 amide bonds. The highest BCUT2D eigenvalue weighted by atomic mass is 16.5. The molecule has 1 unspecified atom stereocenters. The van der Waals surface area contributed by atoms with Gasteiger partial charge in [-0.3, -0.25) is 0 Å². The molecule has 0 aliphatic carbocycles. The Morgan fingerprint density at radius 2 is 1.63 bits per heavy atom. The summed E-state index contributed by atoms with van der Waals surface area (Å²) in [5.74, 6) is 1.36. The number of hydrogen-bond donors (Lipinski definition) is 1. The molecule has 0 saturated heterocycles. The Hall–Kier alpha value is -3.98. The van der Waals surface area contributed by atoms with E-state index >= 15 is 0 Å². The molecule has 0 aromatic heterocycles. The third-order valence-electron chi connectivity index (χ3n) is 7.85. The van der Waals surface area contributed by atoms with E-state index in [2.05, 4.69) is 126 Å². The van der Waals surface area contributed by atoms with Gasteiger partial charge in [0.25, 0.3) is 0 Å². The largest absolute Gasteiger partial charge is 0.489 e. The van der Waals surface area contributed by atoms with E-state index in [1.165, 1.54) is 35.1 Å². The van der Waals surface area contributed by atoms with Gasteiger partial charge < -0.3 is 15.0 Å². The maximum absolute atomic E-state index is 5.80. The minimum absolute atomic E-state index is 0.442. The SMILES string of the molecule is C/C=C(\C)c1cccc(OCc2ccccc2)c1.C=CCCNC(=C)C(/C=C\C(C)CN(CC/C(=C/CC)CCC)C(=C)C)=C/CC.CC. The van der Waals surface area contributed by atoms with E-state index in [1.807, 2.05) is 57.2 Å². The summed E-state index contributed by atoms with van der Waals surface area (Å²) in [7, 11) is 0. The van der Waals surface area contributed by atoms with Crippen LogP contribution in [0.25, 0.3) is 5.57 Å². The minimum atomic E-state index is 0.442. The van der Waals surface area contributed by atoms with E-state index in [0.717, 1.165) is 62.5 Å². The number of hydrogen-bond acceptors (Lipinski definition) is 3. The lowest BCUT2D eigenvalue weighted by Crippen LogP contribution is -2.27. The molecule has 3 heteroatoms. The van der Waals surface area contributed by atoms with Crippen molar-refractivity contribution in [2.24, 2.45) is 5.92 Å². The van der Waals surface area contributed by atoms with E-state index in [-0.39, 0.29) is 0 Å². The Balaban J connectivity index is 0.000000976. The van der Waals surface area contributed by atoms with Crippen molar-refractivity contribution in [3.05, 3.63) is 144 Å². The molecule has 0 bridgehead atoms. The summed E-state index contributed by atoms with van der Waals surface area (Å²) in [6.45, 7) is 34.9. The number of nitrogens with zero attached hydrogens (tertiary/aromatic N) is 1. The van der Waals surface area contributed by atoms with Crippen molar-refractivity contribution in [1.29, 1.82) is 0 Å². The second-order valence-electron chi connectivity index (χ2n) is 12.1. The Kier molecular flexibility index (Phi) is 26.6. The maximum Gasteiger partial charge on any atom is 0.120 e. The van der Waals surface area contributed by atoms with Gasteiger partial charge in [-0.1, -0.05) is 146 Å². The number of benzene rings is 2. The highest BCUT2D eigenvalue weighted by Gasteiger charge is 2.10. The highest BCUT2D eigenvalue weighted by Crippen LogP contribution is 2.21. The van der Waals surface area contributed by atoms with Gasteiger partial charge in [0.2, 0.25) is 0 Å². The van der Waals surface area contributed by atoms with Gasteiger partial charge in [-0.15, -0.1) is 6.58 Å². The zero-order chi connectivity index (χ0) is 36.9. The predicted octanol–water partition coefficient (Wildman–Crippen LogP) is 13.3. The van der Waals surface area contributed by atoms with E-state index in [0.29, 0.717) is 12.5 Å². The van der Waals surface area contributed by atoms with Crippen molar-refractivity contribution in [3.8, 4) is 5.75 Å². The van der Waals surface area contributed by atoms with Crippen LogP contribution in [0.15, 0.2) is 133 Å². The number of rotatable bonds is 21. The summed E-state index contributed by atoms with van der Waals surface area (Å²) >= 11 is 0. The molecule has 2 aromatic carbocycles. The summed E-state index contributed by atoms with van der Waals surface area (Å²) in [5.41, 5.74) is 8.56. The monoisotopic (exact) mass is 667 g/mol. The van der Waals surface area contributed by atoms with Gasteiger partial charge in [-0.2, -0.15) is 0 Å². The molecule has 270 valence electrons. The Morgan fingerprint density at radius 1 is 0.939 bits per heavy atom. The molecule has 0 aliphatic heterocycles. The fourth-order valence-corrected chi connectivity index (χ4v) is 5.01. The van der Waals surface area contributed by atoms with Gasteiger partial charge in [-0.25, -0.2) is 0 Å². The van der Waals surface area contributed by atoms with Crippen LogP contribution < -0.4 is 10.1 Å². The summed E-state index contributed by atoms with van der Waals surface area (Å²) in [6, 6.07) is 18.4. The number of nitrogens with one attached hydrogen (secondary N) is 1. The average molecular weight is 667 g/mol. The molecule has 1 N–H and O–H groups in total. The standard InChI is InChI=1S/C27H46N2.C17H18O.C2H6/c1-9-13-20-28-25(8)27(16-12-4)18-17-24(7)22-29(23(5)6)21-19-26(14-10-2)15-11-3;1-3-14(2)16-10-7-11-17(12-16)18-13-15-8-5-4-6-9-15;1-2/h9,14,16-18,24,28H,1,5,8,10-13,15,19-22H2,2-4,6-7H3;3-12H,13H2,1-2H3;1-2H3/b18-17-,26-14+,27-16+;14-3+;. The first kappa shape index (κ1) is 45.0. The van der Waals surface area contributed by atoms with E-state index in [9.17, 15) is 0 Å². The fourth-order valence-electron chi connectivity index (χ4n) is 5.01. The molecule has 0 spiro atoms. The normalized spacial score (nSPS) is 12.2. The van der Waals surface area contributed by atoms with Crippen molar-refractivity contribution in [2.45, 2.75) is 107 Å². The van der Waals surface area contributed by atoms with Crippen LogP contribution in [-0.4, -0.2) is 24.5 Å². The van der Waals surface area contributed by atoms with Gasteiger partial charge >= 0.3 is 0 Å². The van der Waals surface area contributed by atoms with Crippen molar-refractivity contribution in [2.75, 3.05) is 19.6 Å². The maximum atomic E-state index is 5.80. The third-order valence-corrected chi connectivity index (χ3v) is 7.85. The molecule has 0 radical (unpaired) electrons. The second-order valence-corrected chi connectivity index (χ2v) is 12.1. The van der Waals surface area contributed by atoms with Crippen LogP contribution in [0, 0.1) is 5.92 Å². The Bertz CT molecular complexity index is 1310. The first-order valence-electron chi connectivity index (χ1n) is 18.6. The summed E-state index contributed by atoms with van der Waals surface area (Å²) in [6.07, 6.45) is 19.8. The molecule has 0 aliphatic rings. The summed E-state index contributed by atoms with van der Waals surface area (Å²) in [4.78, 5) is 2.43. The Morgan fingerprint density at radius 3 is 2.22 bits per heavy atom. The zero-order valence-corrected chi connectivity index (χ0v) is 32.8. The van der Waals surface area contributed by atoms with Crippen LogP contribution >= 0.6 is 0 Å². The van der Waals surface area contributed by atoms with Gasteiger partial charge in [0.1, 0.15) is 12.4 Å². The average Bonchev–Trinajstić information content (AvgIpc) is 3.12. The van der Waals surface area contributed by atoms with Gasteiger partial charge in [0, 0.05) is 31.0 Å². The van der Waals surface area contributed by atoms with Crippen molar-refractivity contribution in [1.82, 2.24) is 10.2 Å². The quantitative estimate of drug-likeness (QED) is 0.0815. The minimum Gasteiger partial charge on any atom is -0.489 e. The predicted molar refractivity (Wildman–Crippen MR) is 221 cm³/mol. The van der Waals surface area contributed by atoms with Crippen molar-refractivity contribution < 1.29 is 4.74 Å². The fraction of sp³-hybridized carbons (Fsp3) is 0.435. The lowest BCUT2D eigenvalue weighted by Gasteiger charge is -2.27. The molecule has 0 saturated carbocycles. The zero-order valence-electron chi connectivity index (χ0n) is 32.8. The molecule has 0 heterocycles. The Labute approximate surface area is 303 Å². The first-order valence-corrected chi connectivity index (χ1v) is 18.6. The topological polar surface area (TPSA) is 24.5 Å².